The van der Waals surface area contributed by atoms with Crippen LogP contribution in [0.3, 0.4) is 0 Å². The van der Waals surface area contributed by atoms with Crippen molar-refractivity contribution in [3.63, 3.8) is 0 Å². The van der Waals surface area contributed by atoms with Crippen LogP contribution in [0, 0.1) is 29.1 Å². The fourth-order valence-corrected chi connectivity index (χ4v) is 2.63. The maximum Gasteiger partial charge on any atom is 0.467 e. The van der Waals surface area contributed by atoms with Gasteiger partial charge in [0.25, 0.3) is 5.90 Å². The van der Waals surface area contributed by atoms with Crippen molar-refractivity contribution in [1.29, 1.82) is 5.41 Å². The van der Waals surface area contributed by atoms with Gasteiger partial charge in [-0.1, -0.05) is 41.0 Å². The van der Waals surface area contributed by atoms with Crippen LogP contribution in [0.15, 0.2) is 0 Å². The smallest absolute Gasteiger partial charge is 0.444 e. The van der Waals surface area contributed by atoms with E-state index in [4.69, 9.17) is 14.9 Å². The van der Waals surface area contributed by atoms with Crippen molar-refractivity contribution in [2.75, 3.05) is 0 Å². The highest BCUT2D eigenvalue weighted by Gasteiger charge is 2.45. The van der Waals surface area contributed by atoms with Crippen LogP contribution in [0.1, 0.15) is 41.0 Å². The van der Waals surface area contributed by atoms with Crippen LogP contribution in [0.25, 0.3) is 0 Å². The van der Waals surface area contributed by atoms with Crippen LogP contribution in [0.2, 0.25) is 0 Å². The Labute approximate surface area is 118 Å². The molecule has 1 aliphatic heterocycles. The monoisotopic (exact) mass is 295 g/mol. The van der Waals surface area contributed by atoms with Gasteiger partial charge in [0, 0.05) is 5.92 Å². The minimum atomic E-state index is -4.76. The number of hydrogen-bond donors (Lipinski definition) is 1. The Bertz CT molecular complexity index is 346. The molecule has 0 aliphatic carbocycles. The molecule has 1 saturated heterocycles. The standard InChI is InChI=1S/C14H24F3NO2/c1-6-7(2)11-9(4)8(3)10(5)12(19-11)20-13(18)14(15,16)17/h7-12,18H,6H2,1-5H3/t7-,8-,9-,10?,11?,12?/m0/s1. The summed E-state index contributed by atoms with van der Waals surface area (Å²) in [6.07, 6.45) is -5.02. The number of rotatable bonds is 3. The second-order valence-corrected chi connectivity index (χ2v) is 5.88. The first kappa shape index (κ1) is 17.3. The van der Waals surface area contributed by atoms with Crippen molar-refractivity contribution in [3.8, 4) is 0 Å². The second kappa shape index (κ2) is 6.33. The van der Waals surface area contributed by atoms with Crippen LogP contribution in [0.4, 0.5) is 13.2 Å². The topological polar surface area (TPSA) is 42.3 Å². The number of hydrogen-bond acceptors (Lipinski definition) is 3. The van der Waals surface area contributed by atoms with Gasteiger partial charge in [-0.2, -0.15) is 13.2 Å². The van der Waals surface area contributed by atoms with E-state index < -0.39 is 18.4 Å². The Balaban J connectivity index is 2.83. The lowest BCUT2D eigenvalue weighted by Crippen LogP contribution is -2.49. The van der Waals surface area contributed by atoms with E-state index in [9.17, 15) is 13.2 Å². The highest BCUT2D eigenvalue weighted by molar-refractivity contribution is 5.78. The molecule has 6 atom stereocenters. The first-order chi connectivity index (χ1) is 9.09. The zero-order chi connectivity index (χ0) is 15.7. The van der Waals surface area contributed by atoms with Crippen molar-refractivity contribution < 1.29 is 22.6 Å². The number of halogens is 3. The third kappa shape index (κ3) is 3.65. The van der Waals surface area contributed by atoms with Gasteiger partial charge in [-0.3, -0.25) is 5.41 Å². The van der Waals surface area contributed by atoms with Crippen LogP contribution < -0.4 is 0 Å². The van der Waals surface area contributed by atoms with E-state index >= 15 is 0 Å². The first-order valence-electron chi connectivity index (χ1n) is 7.07. The molecule has 3 nitrogen and oxygen atoms in total. The molecule has 0 bridgehead atoms. The number of ether oxygens (including phenoxy) is 2. The highest BCUT2D eigenvalue weighted by Crippen LogP contribution is 2.39. The molecule has 0 radical (unpaired) electrons. The summed E-state index contributed by atoms with van der Waals surface area (Å²) in [4.78, 5) is 0. The van der Waals surface area contributed by atoms with Gasteiger partial charge in [-0.15, -0.1) is 0 Å². The summed E-state index contributed by atoms with van der Waals surface area (Å²) in [6.45, 7) is 9.92. The van der Waals surface area contributed by atoms with Crippen molar-refractivity contribution in [2.45, 2.75) is 59.6 Å². The fourth-order valence-electron chi connectivity index (χ4n) is 2.63. The molecule has 0 aromatic carbocycles. The minimum Gasteiger partial charge on any atom is -0.444 e. The summed E-state index contributed by atoms with van der Waals surface area (Å²) in [5.41, 5.74) is 0. The molecule has 0 aromatic heterocycles. The predicted molar refractivity (Wildman–Crippen MR) is 70.5 cm³/mol. The van der Waals surface area contributed by atoms with Gasteiger partial charge in [0.2, 0.25) is 6.29 Å². The molecule has 6 heteroatoms. The Morgan fingerprint density at radius 3 is 2.20 bits per heavy atom. The van der Waals surface area contributed by atoms with E-state index in [1.165, 1.54) is 0 Å². The van der Waals surface area contributed by atoms with Crippen LogP contribution in [-0.4, -0.2) is 24.5 Å². The fraction of sp³-hybridized carbons (Fsp3) is 0.929. The zero-order valence-corrected chi connectivity index (χ0v) is 12.6. The minimum absolute atomic E-state index is 0.141. The van der Waals surface area contributed by atoms with Gasteiger partial charge in [0.05, 0.1) is 6.10 Å². The molecule has 0 aromatic rings. The lowest BCUT2D eigenvalue weighted by Gasteiger charge is -2.45. The van der Waals surface area contributed by atoms with Crippen molar-refractivity contribution in [2.24, 2.45) is 23.7 Å². The predicted octanol–water partition coefficient (Wildman–Crippen LogP) is 4.22. The lowest BCUT2D eigenvalue weighted by molar-refractivity contribution is -0.238. The summed E-state index contributed by atoms with van der Waals surface area (Å²) in [5, 5.41) is 6.97. The molecule has 1 fully saturated rings. The largest absolute Gasteiger partial charge is 0.467 e. The van der Waals surface area contributed by atoms with E-state index in [1.54, 1.807) is 0 Å². The van der Waals surface area contributed by atoms with E-state index in [0.29, 0.717) is 0 Å². The molecule has 1 heterocycles. The quantitative estimate of drug-likeness (QED) is 0.625. The van der Waals surface area contributed by atoms with Gasteiger partial charge >= 0.3 is 6.18 Å². The van der Waals surface area contributed by atoms with Crippen LogP contribution in [-0.2, 0) is 9.47 Å². The van der Waals surface area contributed by atoms with Gasteiger partial charge < -0.3 is 9.47 Å². The number of nitrogens with one attached hydrogen (secondary N) is 1. The Morgan fingerprint density at radius 1 is 1.20 bits per heavy atom. The molecule has 1 rings (SSSR count). The van der Waals surface area contributed by atoms with Crippen molar-refractivity contribution in [1.82, 2.24) is 0 Å². The molecule has 3 unspecified atom stereocenters. The normalized spacial score (nSPS) is 36.5. The van der Waals surface area contributed by atoms with Gasteiger partial charge in [-0.05, 0) is 17.8 Å². The maximum atomic E-state index is 12.4. The van der Waals surface area contributed by atoms with Crippen LogP contribution in [0.5, 0.6) is 0 Å². The summed E-state index contributed by atoms with van der Waals surface area (Å²) in [5.74, 6) is -1.20. The van der Waals surface area contributed by atoms with Crippen LogP contribution >= 0.6 is 0 Å². The van der Waals surface area contributed by atoms with E-state index in [1.807, 2.05) is 27.7 Å². The summed E-state index contributed by atoms with van der Waals surface area (Å²) < 4.78 is 47.8. The van der Waals surface area contributed by atoms with E-state index in [-0.39, 0.29) is 29.8 Å². The summed E-state index contributed by atoms with van der Waals surface area (Å²) in [6, 6.07) is 0. The molecule has 1 N–H and O–H groups in total. The summed E-state index contributed by atoms with van der Waals surface area (Å²) in [7, 11) is 0. The molecule has 0 spiro atoms. The first-order valence-corrected chi connectivity index (χ1v) is 7.07. The second-order valence-electron chi connectivity index (χ2n) is 5.88. The van der Waals surface area contributed by atoms with E-state index in [0.717, 1.165) is 6.42 Å². The molecule has 118 valence electrons. The van der Waals surface area contributed by atoms with Crippen molar-refractivity contribution in [3.05, 3.63) is 0 Å². The zero-order valence-electron chi connectivity index (χ0n) is 12.6. The third-order valence-corrected chi connectivity index (χ3v) is 4.59. The van der Waals surface area contributed by atoms with Gasteiger partial charge in [0.1, 0.15) is 0 Å². The lowest BCUT2D eigenvalue weighted by atomic mass is 9.75. The third-order valence-electron chi connectivity index (χ3n) is 4.59. The molecule has 0 saturated carbocycles. The maximum absolute atomic E-state index is 12.4. The summed E-state index contributed by atoms with van der Waals surface area (Å²) >= 11 is 0. The molecular weight excluding hydrogens is 271 g/mol. The Morgan fingerprint density at radius 2 is 1.75 bits per heavy atom. The van der Waals surface area contributed by atoms with Crippen molar-refractivity contribution >= 4 is 5.90 Å². The number of alkyl halides is 3. The van der Waals surface area contributed by atoms with E-state index in [2.05, 4.69) is 6.92 Å². The SMILES string of the molecule is CC[C@H](C)C1OC(OC(=N)C(F)(F)F)C(C)[C@@H](C)[C@@H]1C. The molecule has 0 amide bonds. The molecular formula is C14H24F3NO2. The molecule has 20 heavy (non-hydrogen) atoms. The molecule has 1 aliphatic rings. The Kier molecular flexibility index (Phi) is 5.46. The average molecular weight is 295 g/mol. The van der Waals surface area contributed by atoms with Gasteiger partial charge in [0.15, 0.2) is 0 Å². The average Bonchev–Trinajstić information content (AvgIpc) is 2.37. The highest BCUT2D eigenvalue weighted by atomic mass is 19.4. The van der Waals surface area contributed by atoms with Gasteiger partial charge in [-0.25, -0.2) is 0 Å². The Hall–Kier alpha value is -0.780.